The van der Waals surface area contributed by atoms with E-state index in [9.17, 15) is 9.59 Å². The Labute approximate surface area is 137 Å². The van der Waals surface area contributed by atoms with Gasteiger partial charge in [-0.3, -0.25) is 9.59 Å². The third-order valence-corrected chi connectivity index (χ3v) is 5.59. The number of rotatable bonds is 3. The summed E-state index contributed by atoms with van der Waals surface area (Å²) in [6.07, 6.45) is 4.67. The van der Waals surface area contributed by atoms with Gasteiger partial charge < -0.3 is 9.80 Å². The molecule has 0 radical (unpaired) electrons. The molecule has 122 valence electrons. The molecule has 0 unspecified atom stereocenters. The Hall–Kier alpha value is -1.84. The van der Waals surface area contributed by atoms with E-state index < -0.39 is 0 Å². The molecule has 4 nitrogen and oxygen atoms in total. The summed E-state index contributed by atoms with van der Waals surface area (Å²) < 4.78 is 0. The van der Waals surface area contributed by atoms with Crippen LogP contribution in [0.15, 0.2) is 24.3 Å². The zero-order valence-corrected chi connectivity index (χ0v) is 13.8. The van der Waals surface area contributed by atoms with E-state index in [1.54, 1.807) is 0 Å². The van der Waals surface area contributed by atoms with Crippen LogP contribution in [0, 0.1) is 18.3 Å². The van der Waals surface area contributed by atoms with Crippen molar-refractivity contribution in [2.24, 2.45) is 11.3 Å². The highest BCUT2D eigenvalue weighted by Gasteiger charge is 2.49. The third kappa shape index (κ3) is 2.87. The maximum Gasteiger partial charge on any atom is 0.227 e. The number of benzene rings is 1. The fourth-order valence-corrected chi connectivity index (χ4v) is 4.05. The quantitative estimate of drug-likeness (QED) is 0.861. The van der Waals surface area contributed by atoms with Crippen molar-refractivity contribution in [3.8, 4) is 0 Å². The molecule has 1 aliphatic carbocycles. The molecule has 2 amide bonds. The minimum Gasteiger partial charge on any atom is -0.342 e. The summed E-state index contributed by atoms with van der Waals surface area (Å²) in [7, 11) is 0. The Morgan fingerprint density at radius 3 is 2.87 bits per heavy atom. The van der Waals surface area contributed by atoms with Crippen LogP contribution in [0.1, 0.15) is 37.7 Å². The van der Waals surface area contributed by atoms with Crippen LogP contribution in [0.2, 0.25) is 0 Å². The monoisotopic (exact) mass is 312 g/mol. The number of carbonyl (C=O) groups excluding carboxylic acids is 2. The summed E-state index contributed by atoms with van der Waals surface area (Å²) in [5, 5.41) is 0. The van der Waals surface area contributed by atoms with E-state index in [4.69, 9.17) is 0 Å². The van der Waals surface area contributed by atoms with Gasteiger partial charge in [-0.2, -0.15) is 0 Å². The van der Waals surface area contributed by atoms with Gasteiger partial charge in [-0.05, 0) is 49.8 Å². The van der Waals surface area contributed by atoms with Gasteiger partial charge in [0.05, 0.1) is 0 Å². The maximum absolute atomic E-state index is 12.5. The van der Waals surface area contributed by atoms with E-state index in [2.05, 4.69) is 6.07 Å². The van der Waals surface area contributed by atoms with Crippen molar-refractivity contribution >= 4 is 17.5 Å². The highest BCUT2D eigenvalue weighted by Crippen LogP contribution is 2.43. The molecule has 4 heteroatoms. The molecule has 1 atom stereocenters. The first-order chi connectivity index (χ1) is 11.0. The first-order valence-corrected chi connectivity index (χ1v) is 8.70. The van der Waals surface area contributed by atoms with E-state index in [0.717, 1.165) is 31.7 Å². The van der Waals surface area contributed by atoms with Gasteiger partial charge in [0.2, 0.25) is 11.8 Å². The molecule has 0 aromatic heterocycles. The van der Waals surface area contributed by atoms with Gasteiger partial charge in [0.15, 0.2) is 0 Å². The zero-order valence-electron chi connectivity index (χ0n) is 13.8. The average Bonchev–Trinajstić information content (AvgIpc) is 3.14. The van der Waals surface area contributed by atoms with Crippen molar-refractivity contribution < 1.29 is 9.59 Å². The number of anilines is 1. The van der Waals surface area contributed by atoms with Gasteiger partial charge in [0.25, 0.3) is 0 Å². The van der Waals surface area contributed by atoms with Crippen molar-refractivity contribution in [3.63, 3.8) is 0 Å². The summed E-state index contributed by atoms with van der Waals surface area (Å²) >= 11 is 0. The first kappa shape index (κ1) is 14.7. The highest BCUT2D eigenvalue weighted by molar-refractivity contribution is 5.96. The van der Waals surface area contributed by atoms with Crippen molar-refractivity contribution in [1.82, 2.24) is 4.90 Å². The number of nitrogens with zero attached hydrogens (tertiary/aromatic N) is 2. The lowest BCUT2D eigenvalue weighted by atomic mass is 9.86. The Balaban J connectivity index is 1.46. The van der Waals surface area contributed by atoms with Gasteiger partial charge in [0.1, 0.15) is 0 Å². The van der Waals surface area contributed by atoms with Gasteiger partial charge in [-0.15, -0.1) is 0 Å². The van der Waals surface area contributed by atoms with E-state index in [-0.39, 0.29) is 11.3 Å². The molecular weight excluding hydrogens is 288 g/mol. The second-order valence-corrected chi connectivity index (χ2v) is 7.71. The molecule has 2 saturated heterocycles. The standard InChI is InChI=1S/C19H24N2O2/c1-14-3-2-4-16(9-14)21-13-19(11-18(21)23)7-8-20(12-19)17(22)10-15-5-6-15/h2-4,9,15H,5-8,10-13H2,1H3/t19-/m0/s1. The molecule has 23 heavy (non-hydrogen) atoms. The van der Waals surface area contributed by atoms with Crippen LogP contribution >= 0.6 is 0 Å². The topological polar surface area (TPSA) is 40.6 Å². The summed E-state index contributed by atoms with van der Waals surface area (Å²) in [4.78, 5) is 28.8. The third-order valence-electron chi connectivity index (χ3n) is 5.59. The van der Waals surface area contributed by atoms with Crippen molar-refractivity contribution in [2.45, 2.75) is 39.0 Å². The van der Waals surface area contributed by atoms with Crippen LogP contribution in [0.5, 0.6) is 0 Å². The Morgan fingerprint density at radius 2 is 2.13 bits per heavy atom. The normalized spacial score (nSPS) is 27.3. The predicted molar refractivity (Wildman–Crippen MR) is 89.1 cm³/mol. The molecule has 1 aromatic rings. The van der Waals surface area contributed by atoms with Crippen LogP contribution < -0.4 is 4.90 Å². The van der Waals surface area contributed by atoms with Gasteiger partial charge in [-0.1, -0.05) is 12.1 Å². The van der Waals surface area contributed by atoms with Crippen LogP contribution in [-0.2, 0) is 9.59 Å². The van der Waals surface area contributed by atoms with E-state index in [1.807, 2.05) is 34.9 Å². The number of hydrogen-bond donors (Lipinski definition) is 0. The Bertz CT molecular complexity index is 653. The van der Waals surface area contributed by atoms with E-state index in [0.29, 0.717) is 24.7 Å². The lowest BCUT2D eigenvalue weighted by Gasteiger charge is -2.24. The minimum absolute atomic E-state index is 0.0277. The highest BCUT2D eigenvalue weighted by atomic mass is 16.2. The zero-order chi connectivity index (χ0) is 16.0. The van der Waals surface area contributed by atoms with Gasteiger partial charge in [0, 0.05) is 43.6 Å². The van der Waals surface area contributed by atoms with Crippen molar-refractivity contribution in [3.05, 3.63) is 29.8 Å². The Kier molecular flexibility index (Phi) is 3.43. The number of hydrogen-bond acceptors (Lipinski definition) is 2. The van der Waals surface area contributed by atoms with Gasteiger partial charge >= 0.3 is 0 Å². The summed E-state index contributed by atoms with van der Waals surface area (Å²) in [5.41, 5.74) is 2.14. The lowest BCUT2D eigenvalue weighted by molar-refractivity contribution is -0.131. The number of likely N-dealkylation sites (tertiary alicyclic amines) is 1. The number of aryl methyl sites for hydroxylation is 1. The lowest BCUT2D eigenvalue weighted by Crippen LogP contribution is -2.34. The smallest absolute Gasteiger partial charge is 0.227 e. The average molecular weight is 312 g/mol. The fraction of sp³-hybridized carbons (Fsp3) is 0.579. The molecular formula is C19H24N2O2. The molecule has 1 spiro atoms. The van der Waals surface area contributed by atoms with Crippen molar-refractivity contribution in [2.75, 3.05) is 24.5 Å². The van der Waals surface area contributed by atoms with E-state index >= 15 is 0 Å². The van der Waals surface area contributed by atoms with Gasteiger partial charge in [-0.25, -0.2) is 0 Å². The molecule has 0 bridgehead atoms. The van der Waals surface area contributed by atoms with Crippen LogP contribution in [-0.4, -0.2) is 36.3 Å². The molecule has 1 saturated carbocycles. The fourth-order valence-electron chi connectivity index (χ4n) is 4.05. The van der Waals surface area contributed by atoms with Crippen LogP contribution in [0.25, 0.3) is 0 Å². The Morgan fingerprint density at radius 1 is 1.30 bits per heavy atom. The molecule has 0 N–H and O–H groups in total. The molecule has 4 rings (SSSR count). The molecule has 2 aliphatic heterocycles. The largest absolute Gasteiger partial charge is 0.342 e. The summed E-state index contributed by atoms with van der Waals surface area (Å²) in [5.74, 6) is 1.13. The second-order valence-electron chi connectivity index (χ2n) is 7.71. The van der Waals surface area contributed by atoms with Crippen LogP contribution in [0.3, 0.4) is 0 Å². The molecule has 3 aliphatic rings. The van der Waals surface area contributed by atoms with E-state index in [1.165, 1.54) is 18.4 Å². The number of amides is 2. The first-order valence-electron chi connectivity index (χ1n) is 8.70. The summed E-state index contributed by atoms with van der Waals surface area (Å²) in [6.45, 7) is 4.38. The number of carbonyl (C=O) groups is 2. The molecule has 2 heterocycles. The molecule has 3 fully saturated rings. The second kappa shape index (κ2) is 5.36. The maximum atomic E-state index is 12.5. The SMILES string of the molecule is Cc1cccc(N2C[C@@]3(CCN(C(=O)CC4CC4)C3)CC2=O)c1. The van der Waals surface area contributed by atoms with Crippen molar-refractivity contribution in [1.29, 1.82) is 0 Å². The minimum atomic E-state index is -0.0277. The predicted octanol–water partition coefficient (Wildman–Crippen LogP) is 2.75. The van der Waals surface area contributed by atoms with Crippen LogP contribution in [0.4, 0.5) is 5.69 Å². The molecule has 1 aromatic carbocycles. The summed E-state index contributed by atoms with van der Waals surface area (Å²) in [6, 6.07) is 8.13.